The molecule has 0 saturated carbocycles. The molecule has 0 heterocycles. The third-order valence-electron chi connectivity index (χ3n) is 7.51. The summed E-state index contributed by atoms with van der Waals surface area (Å²) in [5.41, 5.74) is -0.738. The third kappa shape index (κ3) is 19.0. The van der Waals surface area contributed by atoms with E-state index in [2.05, 4.69) is 38.2 Å². The van der Waals surface area contributed by atoms with Gasteiger partial charge in [0, 0.05) is 0 Å². The molecule has 0 aromatic heterocycles. The van der Waals surface area contributed by atoms with Crippen LogP contribution in [0.1, 0.15) is 163 Å². The van der Waals surface area contributed by atoms with E-state index >= 15 is 0 Å². The van der Waals surface area contributed by atoms with E-state index in [0.29, 0.717) is 19.3 Å². The molecule has 1 aromatic rings. The fraction of sp³-hybridized carbons (Fsp3) is 0.667. The SMILES string of the molecule is CCCCCCCCC/C=C/CCCOC(=O)c1cccc(S(=O)(=O)O)c1C(=O)OCCC/C=C/CCCCCCCCC. The molecular formula is C36H58O7S. The maximum atomic E-state index is 12.9. The number of unbranched alkanes of at least 4 members (excludes halogenated alkanes) is 16. The van der Waals surface area contributed by atoms with Crippen molar-refractivity contribution in [3.05, 3.63) is 53.6 Å². The molecule has 0 amide bonds. The summed E-state index contributed by atoms with van der Waals surface area (Å²) in [7, 11) is -4.77. The van der Waals surface area contributed by atoms with E-state index in [0.717, 1.165) is 25.3 Å². The van der Waals surface area contributed by atoms with Crippen LogP contribution in [0.2, 0.25) is 0 Å². The number of hydrogen-bond acceptors (Lipinski definition) is 6. The second-order valence-electron chi connectivity index (χ2n) is 11.5. The van der Waals surface area contributed by atoms with Crippen molar-refractivity contribution in [3.63, 3.8) is 0 Å². The third-order valence-corrected chi connectivity index (χ3v) is 8.40. The minimum Gasteiger partial charge on any atom is -0.462 e. The van der Waals surface area contributed by atoms with Crippen LogP contribution in [0, 0.1) is 0 Å². The highest BCUT2D eigenvalue weighted by molar-refractivity contribution is 7.86. The van der Waals surface area contributed by atoms with E-state index < -0.39 is 32.5 Å². The van der Waals surface area contributed by atoms with Gasteiger partial charge in [-0.25, -0.2) is 9.59 Å². The van der Waals surface area contributed by atoms with Crippen molar-refractivity contribution in [2.75, 3.05) is 13.2 Å². The van der Waals surface area contributed by atoms with Crippen molar-refractivity contribution < 1.29 is 32.0 Å². The zero-order valence-electron chi connectivity index (χ0n) is 27.4. The lowest BCUT2D eigenvalue weighted by molar-refractivity contribution is 0.0450. The largest absolute Gasteiger partial charge is 0.462 e. The van der Waals surface area contributed by atoms with Crippen molar-refractivity contribution >= 4 is 22.1 Å². The highest BCUT2D eigenvalue weighted by atomic mass is 32.2. The van der Waals surface area contributed by atoms with Gasteiger partial charge < -0.3 is 9.47 Å². The normalized spacial score (nSPS) is 11.9. The van der Waals surface area contributed by atoms with Crippen LogP contribution in [-0.2, 0) is 19.6 Å². The van der Waals surface area contributed by atoms with Gasteiger partial charge in [-0.15, -0.1) is 0 Å². The topological polar surface area (TPSA) is 107 Å². The lowest BCUT2D eigenvalue weighted by Crippen LogP contribution is -2.19. The van der Waals surface area contributed by atoms with Crippen LogP contribution < -0.4 is 0 Å². The summed E-state index contributed by atoms with van der Waals surface area (Å²) < 4.78 is 44.3. The first kappa shape index (κ1) is 39.6. The van der Waals surface area contributed by atoms with E-state index in [9.17, 15) is 22.6 Å². The summed E-state index contributed by atoms with van der Waals surface area (Å²) in [4.78, 5) is 25.0. The molecule has 0 spiro atoms. The quantitative estimate of drug-likeness (QED) is 0.0444. The number of carbonyl (C=O) groups is 2. The maximum Gasteiger partial charge on any atom is 0.340 e. The average molecular weight is 635 g/mol. The molecule has 0 aliphatic rings. The smallest absolute Gasteiger partial charge is 0.340 e. The van der Waals surface area contributed by atoms with Crippen LogP contribution in [0.15, 0.2) is 47.4 Å². The van der Waals surface area contributed by atoms with Crippen LogP contribution >= 0.6 is 0 Å². The van der Waals surface area contributed by atoms with Crippen molar-refractivity contribution in [1.82, 2.24) is 0 Å². The molecule has 0 fully saturated rings. The van der Waals surface area contributed by atoms with E-state index in [-0.39, 0.29) is 18.8 Å². The number of esters is 2. The number of allylic oxidation sites excluding steroid dienone is 4. The Labute approximate surface area is 267 Å². The monoisotopic (exact) mass is 634 g/mol. The molecule has 8 heteroatoms. The Bertz CT molecular complexity index is 1080. The molecule has 1 rings (SSSR count). The highest BCUT2D eigenvalue weighted by Gasteiger charge is 2.28. The molecule has 0 radical (unpaired) electrons. The minimum absolute atomic E-state index is 0.0556. The number of ether oxygens (including phenoxy) is 2. The fourth-order valence-corrected chi connectivity index (χ4v) is 5.62. The van der Waals surface area contributed by atoms with Crippen molar-refractivity contribution in [2.24, 2.45) is 0 Å². The van der Waals surface area contributed by atoms with E-state index in [1.807, 2.05) is 0 Å². The molecule has 0 aliphatic carbocycles. The Morgan fingerprint density at radius 3 is 1.48 bits per heavy atom. The molecule has 1 aromatic carbocycles. The Morgan fingerprint density at radius 1 is 0.614 bits per heavy atom. The van der Waals surface area contributed by atoms with Crippen molar-refractivity contribution in [2.45, 2.75) is 147 Å². The van der Waals surface area contributed by atoms with Crippen molar-refractivity contribution in [3.8, 4) is 0 Å². The molecule has 250 valence electrons. The van der Waals surface area contributed by atoms with Gasteiger partial charge in [-0.05, 0) is 63.5 Å². The molecular weight excluding hydrogens is 576 g/mol. The molecule has 1 N–H and O–H groups in total. The summed E-state index contributed by atoms with van der Waals surface area (Å²) in [5, 5.41) is 0. The van der Waals surface area contributed by atoms with E-state index in [4.69, 9.17) is 9.47 Å². The van der Waals surface area contributed by atoms with Crippen LogP contribution in [0.3, 0.4) is 0 Å². The lowest BCUT2D eigenvalue weighted by Gasteiger charge is -2.12. The summed E-state index contributed by atoms with van der Waals surface area (Å²) in [5.74, 6) is -1.81. The summed E-state index contributed by atoms with van der Waals surface area (Å²) >= 11 is 0. The first-order chi connectivity index (χ1) is 21.3. The molecule has 0 unspecified atom stereocenters. The van der Waals surface area contributed by atoms with Gasteiger partial charge in [0.1, 0.15) is 4.90 Å². The Balaban J connectivity index is 2.46. The van der Waals surface area contributed by atoms with E-state index in [1.54, 1.807) is 0 Å². The molecule has 0 aliphatic heterocycles. The van der Waals surface area contributed by atoms with Crippen LogP contribution in [0.25, 0.3) is 0 Å². The van der Waals surface area contributed by atoms with Crippen LogP contribution in [0.5, 0.6) is 0 Å². The molecule has 7 nitrogen and oxygen atoms in total. The first-order valence-corrected chi connectivity index (χ1v) is 18.5. The maximum absolute atomic E-state index is 12.9. The summed E-state index contributed by atoms with van der Waals surface area (Å²) in [6.45, 7) is 4.62. The lowest BCUT2D eigenvalue weighted by atomic mass is 10.1. The number of rotatable bonds is 27. The standard InChI is InChI=1S/C36H58O7S/c1-3-5-7-9-11-13-15-17-19-21-23-25-30-42-35(37)32-28-27-29-33(44(39,40)41)34(32)36(38)43-31-26-24-22-20-18-16-14-12-10-8-6-4-2/h19-22,27-29H,3-18,23-26,30-31H2,1-2H3,(H,39,40,41)/b21-19+,22-20+. The molecule has 44 heavy (non-hydrogen) atoms. The molecule has 0 atom stereocenters. The number of benzene rings is 1. The average Bonchev–Trinajstić information content (AvgIpc) is 3.00. The highest BCUT2D eigenvalue weighted by Crippen LogP contribution is 2.22. The van der Waals surface area contributed by atoms with Crippen molar-refractivity contribution in [1.29, 1.82) is 0 Å². The first-order valence-electron chi connectivity index (χ1n) is 17.1. The van der Waals surface area contributed by atoms with Gasteiger partial charge >= 0.3 is 11.9 Å². The zero-order valence-corrected chi connectivity index (χ0v) is 28.2. The van der Waals surface area contributed by atoms with E-state index in [1.165, 1.54) is 102 Å². The number of carbonyl (C=O) groups excluding carboxylic acids is 2. The fourth-order valence-electron chi connectivity index (χ4n) is 4.92. The van der Waals surface area contributed by atoms with Gasteiger partial charge in [0.2, 0.25) is 0 Å². The predicted octanol–water partition coefficient (Wildman–Crippen LogP) is 10.2. The molecule has 0 saturated heterocycles. The zero-order chi connectivity index (χ0) is 32.3. The van der Waals surface area contributed by atoms with Gasteiger partial charge in [-0.2, -0.15) is 8.42 Å². The number of hydrogen-bond donors (Lipinski definition) is 1. The van der Waals surface area contributed by atoms with Gasteiger partial charge in [0.25, 0.3) is 10.1 Å². The summed E-state index contributed by atoms with van der Waals surface area (Å²) in [6.07, 6.45) is 30.9. The Hall–Kier alpha value is -2.45. The van der Waals surface area contributed by atoms with Gasteiger partial charge in [0.05, 0.1) is 24.3 Å². The minimum atomic E-state index is -4.77. The van der Waals surface area contributed by atoms with Gasteiger partial charge in [0.15, 0.2) is 0 Å². The molecule has 0 bridgehead atoms. The van der Waals surface area contributed by atoms with Crippen LogP contribution in [-0.4, -0.2) is 38.1 Å². The van der Waals surface area contributed by atoms with Gasteiger partial charge in [-0.1, -0.05) is 121 Å². The summed E-state index contributed by atoms with van der Waals surface area (Å²) in [6, 6.07) is 3.67. The van der Waals surface area contributed by atoms with Crippen LogP contribution in [0.4, 0.5) is 0 Å². The van der Waals surface area contributed by atoms with Gasteiger partial charge in [-0.3, -0.25) is 4.55 Å². The predicted molar refractivity (Wildman–Crippen MR) is 179 cm³/mol. The Morgan fingerprint density at radius 2 is 1.02 bits per heavy atom. The second kappa shape index (κ2) is 25.8. The second-order valence-corrected chi connectivity index (χ2v) is 12.9. The Kier molecular flexibility index (Phi) is 23.2.